The van der Waals surface area contributed by atoms with Gasteiger partial charge in [0.15, 0.2) is 0 Å². The minimum atomic E-state index is -1.32. The van der Waals surface area contributed by atoms with Gasteiger partial charge in [0.1, 0.15) is 0 Å². The maximum atomic E-state index is 11.6. The van der Waals surface area contributed by atoms with E-state index in [0.717, 1.165) is 22.8 Å². The molecule has 0 N–H and O–H groups in total. The van der Waals surface area contributed by atoms with Crippen LogP contribution >= 0.6 is 0 Å². The Morgan fingerprint density at radius 3 is 1.43 bits per heavy atom. The summed E-state index contributed by atoms with van der Waals surface area (Å²) in [7, 11) is -2.48. The predicted molar refractivity (Wildman–Crippen MR) is 206 cm³/mol. The van der Waals surface area contributed by atoms with E-state index in [1.807, 2.05) is 0 Å². The molecule has 0 spiro atoms. The summed E-state index contributed by atoms with van der Waals surface area (Å²) in [4.78, 5) is 16.6. The molecule has 0 saturated heterocycles. The zero-order valence-electron chi connectivity index (χ0n) is 30.7. The van der Waals surface area contributed by atoms with Gasteiger partial charge in [0.2, 0.25) is 0 Å². The third-order valence-corrected chi connectivity index (χ3v) is 16.9. The Morgan fingerprint density at radius 2 is 1.11 bits per heavy atom. The van der Waals surface area contributed by atoms with Gasteiger partial charge in [0.05, 0.1) is 5.69 Å². The van der Waals surface area contributed by atoms with Crippen LogP contribution in [-0.2, 0) is 0 Å². The van der Waals surface area contributed by atoms with Crippen molar-refractivity contribution in [2.45, 2.75) is 132 Å². The van der Waals surface area contributed by atoms with Crippen LogP contribution in [0.2, 0.25) is 39.3 Å². The molecule has 44 heavy (non-hydrogen) atoms. The molecule has 238 valence electrons. The first-order valence-electron chi connectivity index (χ1n) is 16.5. The Kier molecular flexibility index (Phi) is 13.5. The summed E-state index contributed by atoms with van der Waals surface area (Å²) in [6.45, 7) is 36.0. The molecular formula is C38H59AlN2OSi2. The number of hydrogen-bond donors (Lipinski definition) is 0. The van der Waals surface area contributed by atoms with Gasteiger partial charge in [-0.15, -0.1) is 5.69 Å². The monoisotopic (exact) mass is 642 g/mol. The zero-order valence-corrected chi connectivity index (χ0v) is 33.9. The number of hydrogen-bond acceptors (Lipinski definition) is 2. The van der Waals surface area contributed by atoms with Crippen LogP contribution in [0.25, 0.3) is 5.32 Å². The fourth-order valence-corrected chi connectivity index (χ4v) is 16.3. The van der Waals surface area contributed by atoms with E-state index < -0.39 is 16.1 Å². The van der Waals surface area contributed by atoms with Crippen LogP contribution in [0, 0.1) is 0 Å². The Bertz CT molecular complexity index is 1450. The second kappa shape index (κ2) is 15.5. The number of allylic oxidation sites excluding steroid dienone is 2. The molecule has 0 atom stereocenters. The Hall–Kier alpha value is -1.97. The fraction of sp³-hybridized carbons (Fsp3) is 0.526. The molecule has 0 bridgehead atoms. The van der Waals surface area contributed by atoms with Gasteiger partial charge in [0, 0.05) is 5.71 Å². The third kappa shape index (κ3) is 10.0. The predicted octanol–water partition coefficient (Wildman–Crippen LogP) is 10.5. The van der Waals surface area contributed by atoms with E-state index in [-0.39, 0.29) is 14.8 Å². The molecule has 0 aliphatic carbocycles. The number of rotatable bonds is 10. The first-order valence-corrected chi connectivity index (χ1v) is 24.7. The van der Waals surface area contributed by atoms with Crippen molar-refractivity contribution in [3.8, 4) is 0 Å². The molecule has 3 aromatic rings. The van der Waals surface area contributed by atoms with E-state index in [0.29, 0.717) is 27.9 Å². The first kappa shape index (κ1) is 38.2. The zero-order chi connectivity index (χ0) is 33.7. The quantitative estimate of drug-likeness (QED) is 0.160. The molecule has 1 heterocycles. The molecule has 0 aliphatic heterocycles. The van der Waals surface area contributed by atoms with Gasteiger partial charge >= 0.3 is 88.5 Å². The van der Waals surface area contributed by atoms with Gasteiger partial charge in [0.25, 0.3) is 0 Å². The van der Waals surface area contributed by atoms with E-state index in [1.54, 1.807) is 4.02 Å². The number of aliphatic imine (C=N–C) groups is 1. The number of nitrogens with zero attached hydrogens (tertiary/aromatic N) is 2. The van der Waals surface area contributed by atoms with Gasteiger partial charge < -0.3 is 5.32 Å². The fourth-order valence-electron chi connectivity index (χ4n) is 5.70. The van der Waals surface area contributed by atoms with Crippen LogP contribution in [0.15, 0.2) is 58.0 Å². The van der Waals surface area contributed by atoms with Gasteiger partial charge in [-0.3, -0.25) is 4.99 Å². The van der Waals surface area contributed by atoms with E-state index in [9.17, 15) is 4.79 Å². The van der Waals surface area contributed by atoms with Crippen LogP contribution in [0.1, 0.15) is 115 Å². The van der Waals surface area contributed by atoms with E-state index in [4.69, 9.17) is 10.3 Å². The third-order valence-electron chi connectivity index (χ3n) is 8.03. The Morgan fingerprint density at radius 1 is 0.705 bits per heavy atom. The Balaban J connectivity index is 0.000000432. The number of benzene rings is 2. The topological polar surface area (TPSA) is 43.5 Å². The second-order valence-electron chi connectivity index (χ2n) is 15.6. The molecule has 3 rings (SSSR count). The summed E-state index contributed by atoms with van der Waals surface area (Å²) < 4.78 is 2.16. The van der Waals surface area contributed by atoms with Crippen LogP contribution in [0.5, 0.6) is 0 Å². The molecule has 0 saturated carbocycles. The summed E-state index contributed by atoms with van der Waals surface area (Å²) >= 11 is 0.0387. The van der Waals surface area contributed by atoms with E-state index >= 15 is 0 Å². The molecule has 0 unspecified atom stereocenters. The van der Waals surface area contributed by atoms with Gasteiger partial charge in [-0.05, 0) is 41.7 Å². The molecule has 0 amide bonds. The normalized spacial score (nSPS) is 13.2. The van der Waals surface area contributed by atoms with Gasteiger partial charge in [-0.2, -0.15) is 5.70 Å². The van der Waals surface area contributed by atoms with Crippen LogP contribution in [0.4, 0.5) is 11.4 Å². The van der Waals surface area contributed by atoms with E-state index in [1.165, 1.54) is 27.4 Å². The van der Waals surface area contributed by atoms with Gasteiger partial charge in [-0.25, -0.2) is 0 Å². The van der Waals surface area contributed by atoms with Crippen molar-refractivity contribution in [3.05, 3.63) is 84.8 Å². The van der Waals surface area contributed by atoms with Crippen molar-refractivity contribution in [1.29, 1.82) is 0 Å². The average Bonchev–Trinajstić information content (AvgIpc) is 2.85. The average molecular weight is 643 g/mol. The van der Waals surface area contributed by atoms with Crippen LogP contribution in [-0.4, -0.2) is 36.6 Å². The summed E-state index contributed by atoms with van der Waals surface area (Å²) in [5, 5.41) is 6.39. The summed E-state index contributed by atoms with van der Waals surface area (Å²) in [6, 6.07) is 13.1. The molecular weight excluding hydrogens is 584 g/mol. The molecule has 0 fully saturated rings. The second-order valence-corrected chi connectivity index (χ2v) is 27.6. The molecule has 2 aromatic carbocycles. The molecule has 0 radical (unpaired) electrons. The van der Waals surface area contributed by atoms with Crippen molar-refractivity contribution in [2.75, 3.05) is 0 Å². The number of para-hydroxylation sites is 2. The van der Waals surface area contributed by atoms with Crippen molar-refractivity contribution in [3.63, 3.8) is 0 Å². The molecule has 1 aromatic heterocycles. The summed E-state index contributed by atoms with van der Waals surface area (Å²) in [5.74, 6) is 1.75. The summed E-state index contributed by atoms with van der Waals surface area (Å²) in [6.07, 6.45) is 2.11. The maximum absolute atomic E-state index is 11.6. The van der Waals surface area contributed by atoms with Crippen molar-refractivity contribution < 1.29 is 0 Å². The SMILES string of the molecule is CC(/C=C(/C)[N-]c1c(C(C)C)cccc1C(C)C)=Nc1c(C(C)C)cccc1C(C)C.C[Si](C)(C)[c]1[Al+][c](=O)c1[Si](C)(C)C. The Labute approximate surface area is 278 Å². The van der Waals surface area contributed by atoms with Crippen molar-refractivity contribution >= 4 is 57.2 Å². The molecule has 3 nitrogen and oxygen atoms in total. The van der Waals surface area contributed by atoms with Crippen LogP contribution in [0.3, 0.4) is 0 Å². The van der Waals surface area contributed by atoms with E-state index in [2.05, 4.69) is 151 Å². The van der Waals surface area contributed by atoms with Gasteiger partial charge in [-0.1, -0.05) is 116 Å². The first-order chi connectivity index (χ1) is 20.2. The molecule has 6 heteroatoms. The van der Waals surface area contributed by atoms with Crippen molar-refractivity contribution in [2.24, 2.45) is 4.99 Å². The standard InChI is InChI=1S/C29H41N2.C9H18OSi2.Al/c1-18(2)24-13-11-14-25(19(3)4)28(24)30-22(9)17-23(10)31-29-26(20(5)6)15-12-16-27(29)21(7)8;1-11(2,3)8-9(7-10)12(4,5)6;/h11-21H,1-10H3;1-6H3;/q-1;;+1/b22-17-,31-23?;;. The van der Waals surface area contributed by atoms with Crippen LogP contribution < -0.4 is 13.5 Å². The summed E-state index contributed by atoms with van der Waals surface area (Å²) in [5.41, 5.74) is 9.45. The minimum absolute atomic E-state index is 0.0387. The molecule has 0 aliphatic rings. The van der Waals surface area contributed by atoms with Crippen molar-refractivity contribution in [1.82, 2.24) is 0 Å².